The molecule has 1 heterocycles. The number of nitrogens with one attached hydrogen (secondary N) is 1. The lowest BCUT2D eigenvalue weighted by Gasteiger charge is -2.18. The number of carbonyl (C=O) groups excluding carboxylic acids is 1. The highest BCUT2D eigenvalue weighted by Gasteiger charge is 2.34. The molecule has 2 N–H and O–H groups in total. The predicted octanol–water partition coefficient (Wildman–Crippen LogP) is 1.49. The molecule has 1 aliphatic heterocycles. The Bertz CT molecular complexity index is 374. The molecule has 0 spiro atoms. The van der Waals surface area contributed by atoms with Gasteiger partial charge in [0.2, 0.25) is 5.91 Å². The van der Waals surface area contributed by atoms with Gasteiger partial charge >= 0.3 is 12.1 Å². The molecule has 1 amide bonds. The van der Waals surface area contributed by atoms with E-state index in [0.29, 0.717) is 26.1 Å². The summed E-state index contributed by atoms with van der Waals surface area (Å²) >= 11 is 0. The molecule has 1 saturated heterocycles. The van der Waals surface area contributed by atoms with Gasteiger partial charge < -0.3 is 10.4 Å². The third-order valence-corrected chi connectivity index (χ3v) is 3.42. The molecule has 1 rings (SSSR count). The first kappa shape index (κ1) is 17.7. The number of hydrogen-bond donors (Lipinski definition) is 2. The first-order valence-corrected chi connectivity index (χ1v) is 6.93. The van der Waals surface area contributed by atoms with Crippen LogP contribution in [-0.2, 0) is 9.59 Å². The Balaban J connectivity index is 2.21. The summed E-state index contributed by atoms with van der Waals surface area (Å²) in [6.45, 7) is 1.81. The lowest BCUT2D eigenvalue weighted by atomic mass is 10.0. The van der Waals surface area contributed by atoms with Crippen LogP contribution in [0.3, 0.4) is 0 Å². The average molecular weight is 310 g/mol. The van der Waals surface area contributed by atoms with Crippen LogP contribution < -0.4 is 5.32 Å². The van der Waals surface area contributed by atoms with Crippen molar-refractivity contribution in [2.24, 2.45) is 11.8 Å². The summed E-state index contributed by atoms with van der Waals surface area (Å²) in [5.41, 5.74) is 0. The third kappa shape index (κ3) is 7.89. The van der Waals surface area contributed by atoms with Crippen LogP contribution >= 0.6 is 0 Å². The van der Waals surface area contributed by atoms with Gasteiger partial charge in [0.1, 0.15) is 0 Å². The molecule has 2 unspecified atom stereocenters. The molecule has 122 valence electrons. The van der Waals surface area contributed by atoms with Crippen molar-refractivity contribution in [1.29, 1.82) is 0 Å². The van der Waals surface area contributed by atoms with Gasteiger partial charge in [-0.3, -0.25) is 14.5 Å². The lowest BCUT2D eigenvalue weighted by molar-refractivity contribution is -0.144. The third-order valence-electron chi connectivity index (χ3n) is 3.42. The van der Waals surface area contributed by atoms with Gasteiger partial charge in [-0.15, -0.1) is 0 Å². The minimum absolute atomic E-state index is 0.0195. The van der Waals surface area contributed by atoms with Crippen LogP contribution in [0.25, 0.3) is 0 Å². The van der Waals surface area contributed by atoms with E-state index in [0.717, 1.165) is 0 Å². The van der Waals surface area contributed by atoms with E-state index in [2.05, 4.69) is 5.32 Å². The van der Waals surface area contributed by atoms with Crippen LogP contribution in [0.5, 0.6) is 0 Å². The van der Waals surface area contributed by atoms with Crippen molar-refractivity contribution in [3.8, 4) is 0 Å². The standard InChI is InChI=1S/C13H21F3N2O3/c1-9(5-12(20)21)4-11(19)17-6-10-2-3-18(7-10)8-13(14,15)16/h9-10H,2-8H2,1H3,(H,17,19)(H,20,21). The maximum Gasteiger partial charge on any atom is 0.401 e. The van der Waals surface area contributed by atoms with Gasteiger partial charge in [0.05, 0.1) is 6.54 Å². The van der Waals surface area contributed by atoms with Crippen LogP contribution in [0.4, 0.5) is 13.2 Å². The van der Waals surface area contributed by atoms with Gasteiger partial charge in [0, 0.05) is 25.9 Å². The number of carbonyl (C=O) groups is 2. The summed E-state index contributed by atoms with van der Waals surface area (Å²) in [7, 11) is 0. The summed E-state index contributed by atoms with van der Waals surface area (Å²) in [5, 5.41) is 11.3. The first-order valence-electron chi connectivity index (χ1n) is 6.93. The Morgan fingerprint density at radius 1 is 1.38 bits per heavy atom. The van der Waals surface area contributed by atoms with Crippen molar-refractivity contribution in [3.05, 3.63) is 0 Å². The molecular formula is C13H21F3N2O3. The Morgan fingerprint density at radius 2 is 2.05 bits per heavy atom. The number of amides is 1. The van der Waals surface area contributed by atoms with E-state index in [1.807, 2.05) is 0 Å². The number of likely N-dealkylation sites (tertiary alicyclic amines) is 1. The molecule has 0 aliphatic carbocycles. The van der Waals surface area contributed by atoms with Crippen LogP contribution in [0.2, 0.25) is 0 Å². The average Bonchev–Trinajstić information content (AvgIpc) is 2.70. The fourth-order valence-electron chi connectivity index (χ4n) is 2.49. The predicted molar refractivity (Wildman–Crippen MR) is 69.6 cm³/mol. The summed E-state index contributed by atoms with van der Waals surface area (Å²) < 4.78 is 36.7. The Hall–Kier alpha value is -1.31. The van der Waals surface area contributed by atoms with Gasteiger partial charge in [0.15, 0.2) is 0 Å². The van der Waals surface area contributed by atoms with Crippen molar-refractivity contribution in [2.75, 3.05) is 26.2 Å². The number of hydrogen-bond acceptors (Lipinski definition) is 3. The summed E-state index contributed by atoms with van der Waals surface area (Å²) in [6.07, 6.45) is -3.52. The smallest absolute Gasteiger partial charge is 0.401 e. The summed E-state index contributed by atoms with van der Waals surface area (Å²) in [6, 6.07) is 0. The van der Waals surface area contributed by atoms with E-state index in [4.69, 9.17) is 5.11 Å². The molecule has 1 aliphatic rings. The molecule has 0 radical (unpaired) electrons. The molecule has 0 bridgehead atoms. The van der Waals surface area contributed by atoms with Crippen LogP contribution in [0.15, 0.2) is 0 Å². The number of halogens is 3. The number of aliphatic carboxylic acids is 1. The zero-order valence-electron chi connectivity index (χ0n) is 11.9. The number of nitrogens with zero attached hydrogens (tertiary/aromatic N) is 1. The number of carboxylic acids is 1. The largest absolute Gasteiger partial charge is 0.481 e. The maximum atomic E-state index is 12.2. The molecule has 0 aromatic rings. The van der Waals surface area contributed by atoms with E-state index in [9.17, 15) is 22.8 Å². The first-order chi connectivity index (χ1) is 9.65. The molecule has 0 saturated carbocycles. The monoisotopic (exact) mass is 310 g/mol. The van der Waals surface area contributed by atoms with E-state index < -0.39 is 18.7 Å². The highest BCUT2D eigenvalue weighted by atomic mass is 19.4. The molecule has 8 heteroatoms. The van der Waals surface area contributed by atoms with E-state index in [1.54, 1.807) is 6.92 Å². The highest BCUT2D eigenvalue weighted by Crippen LogP contribution is 2.22. The number of rotatable bonds is 7. The molecule has 0 aromatic heterocycles. The van der Waals surface area contributed by atoms with Gasteiger partial charge in [-0.05, 0) is 24.8 Å². The van der Waals surface area contributed by atoms with Crippen LogP contribution in [0.1, 0.15) is 26.2 Å². The lowest BCUT2D eigenvalue weighted by Crippen LogP contribution is -2.35. The molecule has 1 fully saturated rings. The molecule has 5 nitrogen and oxygen atoms in total. The van der Waals surface area contributed by atoms with Crippen molar-refractivity contribution >= 4 is 11.9 Å². The van der Waals surface area contributed by atoms with Crippen LogP contribution in [-0.4, -0.2) is 54.2 Å². The second-order valence-electron chi connectivity index (χ2n) is 5.72. The Kier molecular flexibility index (Phi) is 6.44. The minimum atomic E-state index is -4.19. The van der Waals surface area contributed by atoms with Crippen molar-refractivity contribution in [2.45, 2.75) is 32.4 Å². The summed E-state index contributed by atoms with van der Waals surface area (Å²) in [4.78, 5) is 23.4. The van der Waals surface area contributed by atoms with E-state index >= 15 is 0 Å². The fraction of sp³-hybridized carbons (Fsp3) is 0.846. The normalized spacial score (nSPS) is 21.2. The second-order valence-corrected chi connectivity index (χ2v) is 5.72. The molecule has 21 heavy (non-hydrogen) atoms. The number of alkyl halides is 3. The highest BCUT2D eigenvalue weighted by molar-refractivity contribution is 5.77. The van der Waals surface area contributed by atoms with Crippen LogP contribution in [0, 0.1) is 11.8 Å². The zero-order valence-corrected chi connectivity index (χ0v) is 11.9. The van der Waals surface area contributed by atoms with E-state index in [-0.39, 0.29) is 30.6 Å². The molecule has 2 atom stereocenters. The van der Waals surface area contributed by atoms with E-state index in [1.165, 1.54) is 4.90 Å². The van der Waals surface area contributed by atoms with Gasteiger partial charge in [-0.2, -0.15) is 13.2 Å². The van der Waals surface area contributed by atoms with Crippen molar-refractivity contribution in [1.82, 2.24) is 10.2 Å². The van der Waals surface area contributed by atoms with Crippen molar-refractivity contribution in [3.63, 3.8) is 0 Å². The van der Waals surface area contributed by atoms with Gasteiger partial charge in [-0.25, -0.2) is 0 Å². The van der Waals surface area contributed by atoms with Gasteiger partial charge in [0.25, 0.3) is 0 Å². The molecule has 0 aromatic carbocycles. The second kappa shape index (κ2) is 7.63. The zero-order chi connectivity index (χ0) is 16.0. The maximum absolute atomic E-state index is 12.2. The Labute approximate surface area is 121 Å². The SMILES string of the molecule is CC(CC(=O)O)CC(=O)NCC1CCN(CC(F)(F)F)C1. The Morgan fingerprint density at radius 3 is 2.62 bits per heavy atom. The summed E-state index contributed by atoms with van der Waals surface area (Å²) in [5.74, 6) is -1.44. The minimum Gasteiger partial charge on any atom is -0.481 e. The van der Waals surface area contributed by atoms with Crippen molar-refractivity contribution < 1.29 is 27.9 Å². The molecular weight excluding hydrogens is 289 g/mol. The number of carboxylic acid groups (broad SMARTS) is 1. The quantitative estimate of drug-likeness (QED) is 0.747. The topological polar surface area (TPSA) is 69.6 Å². The fourth-order valence-corrected chi connectivity index (χ4v) is 2.49. The van der Waals surface area contributed by atoms with Gasteiger partial charge in [-0.1, -0.05) is 6.92 Å².